The van der Waals surface area contributed by atoms with Gasteiger partial charge in [-0.2, -0.15) is 0 Å². The SMILES string of the molecule is CN(C)c1cc(-c2ccc(Cl)cc2)c(O)c2c1C[C@@]1(C)C[C@@]3(C)[C@H](N(C)C)C(=O)C(C(N)=O)=C(O)[C@@]3(O)C(=O)C1=C2O. The third kappa shape index (κ3) is 3.68. The van der Waals surface area contributed by atoms with Crippen molar-refractivity contribution in [3.05, 3.63) is 63.4 Å². The highest BCUT2D eigenvalue weighted by molar-refractivity contribution is 6.30. The number of halogens is 1. The number of aliphatic hydroxyl groups is 3. The van der Waals surface area contributed by atoms with E-state index in [4.69, 9.17) is 17.3 Å². The maximum Gasteiger partial charge on any atom is 0.255 e. The molecule has 6 N–H and O–H groups in total. The molecule has 11 heteroatoms. The lowest BCUT2D eigenvalue weighted by Gasteiger charge is -2.59. The maximum absolute atomic E-state index is 14.5. The van der Waals surface area contributed by atoms with E-state index < -0.39 is 57.0 Å². The Labute approximate surface area is 248 Å². The molecule has 1 fully saturated rings. The standard InChI is InChI=1S/C31H34ClN3O7/c1-29-12-17-18(34(3)4)11-16(14-7-9-15(32)10-8-14)22(36)19(17)23(37)21(29)27(40)31(42)26(39)20(28(33)41)24(38)25(35(5)6)30(31,2)13-29/h7-11,25,36-37,39,42H,12-13H2,1-6H3,(H2,33,41)/t25-,29+,30+,31-/m1/s1. The number of fused-ring (bicyclic) bond motifs is 3. The third-order valence-corrected chi connectivity index (χ3v) is 9.50. The largest absolute Gasteiger partial charge is 0.508 e. The maximum atomic E-state index is 14.5. The van der Waals surface area contributed by atoms with Crippen molar-refractivity contribution in [2.45, 2.75) is 38.3 Å². The minimum absolute atomic E-state index is 0.0221. The van der Waals surface area contributed by atoms with E-state index in [9.17, 15) is 34.8 Å². The summed E-state index contributed by atoms with van der Waals surface area (Å²) in [7, 11) is 6.78. The number of hydrogen-bond donors (Lipinski definition) is 5. The summed E-state index contributed by atoms with van der Waals surface area (Å²) in [5.41, 5.74) is 1.10. The summed E-state index contributed by atoms with van der Waals surface area (Å²) in [6, 6.07) is 7.35. The Hall–Kier alpha value is -3.86. The van der Waals surface area contributed by atoms with Crippen LogP contribution in [-0.2, 0) is 20.8 Å². The predicted molar refractivity (Wildman–Crippen MR) is 158 cm³/mol. The number of ketones is 2. The molecule has 0 aromatic heterocycles. The number of aromatic hydroxyl groups is 1. The fourth-order valence-corrected chi connectivity index (χ4v) is 7.75. The second-order valence-corrected chi connectivity index (χ2v) is 12.9. The molecule has 4 atom stereocenters. The number of hydrogen-bond acceptors (Lipinski definition) is 9. The lowest BCUT2D eigenvalue weighted by atomic mass is 9.46. The second-order valence-electron chi connectivity index (χ2n) is 12.5. The zero-order valence-corrected chi connectivity index (χ0v) is 25.0. The molecule has 0 heterocycles. The molecule has 0 spiro atoms. The molecule has 3 aliphatic rings. The predicted octanol–water partition coefficient (Wildman–Crippen LogP) is 3.13. The molecule has 222 valence electrons. The molecular weight excluding hydrogens is 562 g/mol. The highest BCUT2D eigenvalue weighted by Crippen LogP contribution is 2.64. The first-order valence-corrected chi connectivity index (χ1v) is 13.8. The minimum atomic E-state index is -2.77. The van der Waals surface area contributed by atoms with Gasteiger partial charge < -0.3 is 31.1 Å². The molecule has 2 aromatic carbocycles. The summed E-state index contributed by atoms with van der Waals surface area (Å²) >= 11 is 6.07. The summed E-state index contributed by atoms with van der Waals surface area (Å²) in [5.74, 6) is -5.12. The fourth-order valence-electron chi connectivity index (χ4n) is 7.62. The molecular formula is C31H34ClN3O7. The van der Waals surface area contributed by atoms with Gasteiger partial charge in [0.15, 0.2) is 11.4 Å². The Morgan fingerprint density at radius 1 is 1.05 bits per heavy atom. The van der Waals surface area contributed by atoms with Gasteiger partial charge in [-0.1, -0.05) is 37.6 Å². The lowest BCUT2D eigenvalue weighted by Crippen LogP contribution is -2.72. The van der Waals surface area contributed by atoms with Crippen LogP contribution in [0, 0.1) is 10.8 Å². The number of phenols is 1. The first kappa shape index (κ1) is 29.6. The van der Waals surface area contributed by atoms with Crippen LogP contribution in [0.2, 0.25) is 5.02 Å². The van der Waals surface area contributed by atoms with Crippen molar-refractivity contribution in [3.8, 4) is 16.9 Å². The normalized spacial score (nSPS) is 28.9. The molecule has 0 radical (unpaired) electrons. The van der Waals surface area contributed by atoms with Crippen molar-refractivity contribution in [2.24, 2.45) is 16.6 Å². The lowest BCUT2D eigenvalue weighted by molar-refractivity contribution is -0.175. The van der Waals surface area contributed by atoms with Crippen molar-refractivity contribution >= 4 is 40.5 Å². The van der Waals surface area contributed by atoms with Crippen LogP contribution in [0.5, 0.6) is 5.75 Å². The van der Waals surface area contributed by atoms with Gasteiger partial charge in [-0.15, -0.1) is 0 Å². The van der Waals surface area contributed by atoms with E-state index in [1.54, 1.807) is 51.4 Å². The Morgan fingerprint density at radius 3 is 2.17 bits per heavy atom. The number of anilines is 1. The number of aliphatic hydroxyl groups excluding tert-OH is 2. The zero-order valence-electron chi connectivity index (χ0n) is 24.2. The Balaban J connectivity index is 1.85. The van der Waals surface area contributed by atoms with Crippen molar-refractivity contribution in [2.75, 3.05) is 33.1 Å². The van der Waals surface area contributed by atoms with Crippen LogP contribution in [-0.4, -0.2) is 82.6 Å². The van der Waals surface area contributed by atoms with Gasteiger partial charge in [-0.3, -0.25) is 19.3 Å². The molecule has 5 rings (SSSR count). The van der Waals surface area contributed by atoms with E-state index in [1.807, 2.05) is 19.0 Å². The number of amides is 1. The number of nitrogens with two attached hydrogens (primary N) is 1. The van der Waals surface area contributed by atoms with E-state index in [1.165, 1.54) is 11.8 Å². The van der Waals surface area contributed by atoms with Crippen molar-refractivity contribution in [3.63, 3.8) is 0 Å². The van der Waals surface area contributed by atoms with E-state index >= 15 is 0 Å². The van der Waals surface area contributed by atoms with Crippen LogP contribution in [0.3, 0.4) is 0 Å². The first-order valence-electron chi connectivity index (χ1n) is 13.4. The molecule has 3 aliphatic carbocycles. The van der Waals surface area contributed by atoms with E-state index in [0.29, 0.717) is 27.4 Å². The van der Waals surface area contributed by atoms with Crippen LogP contribution in [0.1, 0.15) is 31.4 Å². The second kappa shape index (κ2) is 9.32. The molecule has 0 unspecified atom stereocenters. The van der Waals surface area contributed by atoms with Crippen LogP contribution >= 0.6 is 11.6 Å². The van der Waals surface area contributed by atoms with Crippen molar-refractivity contribution in [1.82, 2.24) is 4.90 Å². The van der Waals surface area contributed by atoms with Crippen molar-refractivity contribution < 1.29 is 34.8 Å². The zero-order chi connectivity index (χ0) is 31.3. The minimum Gasteiger partial charge on any atom is -0.508 e. The molecule has 0 bridgehead atoms. The van der Waals surface area contributed by atoms with Gasteiger partial charge in [0.05, 0.1) is 11.6 Å². The van der Waals surface area contributed by atoms with E-state index in [-0.39, 0.29) is 29.7 Å². The Bertz CT molecular complexity index is 1640. The number of likely N-dealkylation sites (N-methyl/N-ethyl adjacent to an activating group) is 1. The third-order valence-electron chi connectivity index (χ3n) is 9.25. The van der Waals surface area contributed by atoms with E-state index in [2.05, 4.69) is 0 Å². The molecule has 10 nitrogen and oxygen atoms in total. The van der Waals surface area contributed by atoms with Gasteiger partial charge in [0.1, 0.15) is 22.8 Å². The van der Waals surface area contributed by atoms with Crippen LogP contribution in [0.4, 0.5) is 5.69 Å². The van der Waals surface area contributed by atoms with Gasteiger partial charge in [0.2, 0.25) is 5.78 Å². The molecule has 0 aliphatic heterocycles. The molecule has 42 heavy (non-hydrogen) atoms. The molecule has 1 amide bonds. The average Bonchev–Trinajstić information content (AvgIpc) is 2.86. The Kier molecular flexibility index (Phi) is 6.57. The number of carbonyl (C=O) groups excluding carboxylic acids is 3. The van der Waals surface area contributed by atoms with Gasteiger partial charge in [0, 0.05) is 46.8 Å². The number of carbonyl (C=O) groups is 3. The smallest absolute Gasteiger partial charge is 0.255 e. The van der Waals surface area contributed by atoms with Crippen LogP contribution < -0.4 is 10.6 Å². The van der Waals surface area contributed by atoms with Gasteiger partial charge >= 0.3 is 0 Å². The number of Topliss-reactive ketones (excluding diaryl/α,β-unsaturated/α-hetero) is 2. The fraction of sp³-hybridized carbons (Fsp3) is 0.387. The number of benzene rings is 2. The van der Waals surface area contributed by atoms with Gasteiger partial charge in [-0.05, 0) is 56.3 Å². The summed E-state index contributed by atoms with van der Waals surface area (Å²) in [5, 5.41) is 47.3. The van der Waals surface area contributed by atoms with Gasteiger partial charge in [-0.25, -0.2) is 0 Å². The summed E-state index contributed by atoms with van der Waals surface area (Å²) < 4.78 is 0. The van der Waals surface area contributed by atoms with Crippen LogP contribution in [0.25, 0.3) is 16.9 Å². The van der Waals surface area contributed by atoms with Gasteiger partial charge in [0.25, 0.3) is 5.91 Å². The summed E-state index contributed by atoms with van der Waals surface area (Å²) in [6.07, 6.45) is 0.112. The molecule has 0 saturated heterocycles. The molecule has 2 aromatic rings. The number of phenolic OH excluding ortho intramolecular Hbond substituents is 1. The quantitative estimate of drug-likeness (QED) is 0.334. The topological polar surface area (TPSA) is 165 Å². The number of rotatable bonds is 4. The average molecular weight is 596 g/mol. The summed E-state index contributed by atoms with van der Waals surface area (Å²) in [6.45, 7) is 3.26. The number of primary amides is 1. The van der Waals surface area contributed by atoms with E-state index in [0.717, 1.165) is 0 Å². The van der Waals surface area contributed by atoms with Crippen molar-refractivity contribution in [1.29, 1.82) is 0 Å². The van der Waals surface area contributed by atoms with Crippen LogP contribution in [0.15, 0.2) is 47.2 Å². The monoisotopic (exact) mass is 595 g/mol. The summed E-state index contributed by atoms with van der Waals surface area (Å²) in [4.78, 5) is 43.7. The Morgan fingerprint density at radius 2 is 1.64 bits per heavy atom. The highest BCUT2D eigenvalue weighted by Gasteiger charge is 2.72. The first-order chi connectivity index (χ1) is 19.4. The molecule has 1 saturated carbocycles. The number of nitrogens with zero attached hydrogens (tertiary/aromatic N) is 2. The highest BCUT2D eigenvalue weighted by atomic mass is 35.5.